The molecule has 0 aliphatic carbocycles. The number of nitrogens with zero attached hydrogens (tertiary/aromatic N) is 3. The van der Waals surface area contributed by atoms with Gasteiger partial charge in [-0.15, -0.1) is 0 Å². The summed E-state index contributed by atoms with van der Waals surface area (Å²) < 4.78 is 1.26. The predicted octanol–water partition coefficient (Wildman–Crippen LogP) is 1.85. The highest BCUT2D eigenvalue weighted by Crippen LogP contribution is 2.17. The molecule has 1 aromatic carbocycles. The van der Waals surface area contributed by atoms with Gasteiger partial charge in [-0.3, -0.25) is 14.8 Å². The van der Waals surface area contributed by atoms with E-state index >= 15 is 0 Å². The Morgan fingerprint density at radius 3 is 2.53 bits per heavy atom. The molecule has 98 valence electrons. The monoisotopic (exact) mass is 261 g/mol. The van der Waals surface area contributed by atoms with Crippen LogP contribution in [-0.2, 0) is 6.54 Å². The molecular weight excluding hydrogens is 250 g/mol. The van der Waals surface area contributed by atoms with Crippen molar-refractivity contribution in [2.45, 2.75) is 13.5 Å². The minimum atomic E-state index is -1.41. The average molecular weight is 261 g/mol. The molecule has 1 heterocycles. The zero-order valence-electron chi connectivity index (χ0n) is 10.1. The second kappa shape index (κ2) is 4.89. The zero-order valence-corrected chi connectivity index (χ0v) is 10.1. The maximum Gasteiger partial charge on any atom is 0.363 e. The van der Waals surface area contributed by atoms with E-state index in [0.717, 1.165) is 17.3 Å². The summed E-state index contributed by atoms with van der Waals surface area (Å²) in [5, 5.41) is 23.3. The Hall–Kier alpha value is -2.70. The third-order valence-electron chi connectivity index (χ3n) is 2.61. The van der Waals surface area contributed by atoms with Crippen molar-refractivity contribution in [1.29, 1.82) is 0 Å². The van der Waals surface area contributed by atoms with E-state index in [0.29, 0.717) is 0 Å². The second-order valence-electron chi connectivity index (χ2n) is 4.11. The molecule has 19 heavy (non-hydrogen) atoms. The van der Waals surface area contributed by atoms with Gasteiger partial charge in [0.1, 0.15) is 6.20 Å². The SMILES string of the molecule is Cc1ccc(Cn2cc([N+](=O)[O-])c(C(=O)O)n2)cc1. The molecule has 2 rings (SSSR count). The molecule has 0 spiro atoms. The number of carboxylic acids is 1. The summed E-state index contributed by atoms with van der Waals surface area (Å²) in [7, 11) is 0. The predicted molar refractivity (Wildman–Crippen MR) is 66.1 cm³/mol. The number of hydrogen-bond acceptors (Lipinski definition) is 4. The summed E-state index contributed by atoms with van der Waals surface area (Å²) in [5.74, 6) is -1.41. The Morgan fingerprint density at radius 2 is 2.05 bits per heavy atom. The van der Waals surface area contributed by atoms with Gasteiger partial charge in [0.15, 0.2) is 0 Å². The molecule has 2 aromatic rings. The van der Waals surface area contributed by atoms with E-state index in [4.69, 9.17) is 5.11 Å². The van der Waals surface area contributed by atoms with Gasteiger partial charge in [-0.1, -0.05) is 29.8 Å². The van der Waals surface area contributed by atoms with E-state index < -0.39 is 22.3 Å². The summed E-state index contributed by atoms with van der Waals surface area (Å²) >= 11 is 0. The molecule has 0 amide bonds. The molecule has 1 aromatic heterocycles. The molecule has 0 aliphatic heterocycles. The normalized spacial score (nSPS) is 10.4. The molecule has 0 fully saturated rings. The van der Waals surface area contributed by atoms with Gasteiger partial charge in [-0.2, -0.15) is 5.10 Å². The number of nitro groups is 1. The Kier molecular flexibility index (Phi) is 3.28. The lowest BCUT2D eigenvalue weighted by molar-refractivity contribution is -0.385. The Morgan fingerprint density at radius 1 is 1.42 bits per heavy atom. The van der Waals surface area contributed by atoms with Crippen LogP contribution in [0.1, 0.15) is 21.6 Å². The molecule has 0 unspecified atom stereocenters. The van der Waals surface area contributed by atoms with Gasteiger partial charge in [-0.05, 0) is 12.5 Å². The van der Waals surface area contributed by atoms with E-state index in [1.807, 2.05) is 31.2 Å². The smallest absolute Gasteiger partial charge is 0.363 e. The Balaban J connectivity index is 2.31. The summed E-state index contributed by atoms with van der Waals surface area (Å²) in [6, 6.07) is 7.54. The first-order valence-electron chi connectivity index (χ1n) is 5.48. The van der Waals surface area contributed by atoms with E-state index in [9.17, 15) is 14.9 Å². The number of aryl methyl sites for hydroxylation is 1. The molecule has 0 bridgehead atoms. The Labute approximate surface area is 108 Å². The van der Waals surface area contributed by atoms with Crippen LogP contribution in [0.2, 0.25) is 0 Å². The number of aromatic carboxylic acids is 1. The number of aromatic nitrogens is 2. The lowest BCUT2D eigenvalue weighted by Crippen LogP contribution is -2.04. The summed E-state index contributed by atoms with van der Waals surface area (Å²) in [5.41, 5.74) is 0.943. The lowest BCUT2D eigenvalue weighted by atomic mass is 10.1. The van der Waals surface area contributed by atoms with Crippen molar-refractivity contribution in [3.63, 3.8) is 0 Å². The van der Waals surface area contributed by atoms with Crippen LogP contribution in [0.15, 0.2) is 30.5 Å². The van der Waals surface area contributed by atoms with Gasteiger partial charge in [0.2, 0.25) is 5.69 Å². The molecule has 0 radical (unpaired) electrons. The molecule has 0 saturated carbocycles. The fourth-order valence-corrected chi connectivity index (χ4v) is 1.66. The molecule has 0 atom stereocenters. The topological polar surface area (TPSA) is 98.3 Å². The van der Waals surface area contributed by atoms with Crippen LogP contribution in [0.4, 0.5) is 5.69 Å². The van der Waals surface area contributed by atoms with Crippen molar-refractivity contribution >= 4 is 11.7 Å². The first-order chi connectivity index (χ1) is 8.97. The molecule has 0 saturated heterocycles. The van der Waals surface area contributed by atoms with Crippen LogP contribution in [0.25, 0.3) is 0 Å². The van der Waals surface area contributed by atoms with Gasteiger partial charge in [0, 0.05) is 0 Å². The van der Waals surface area contributed by atoms with Gasteiger partial charge >= 0.3 is 11.7 Å². The zero-order chi connectivity index (χ0) is 14.0. The van der Waals surface area contributed by atoms with Crippen LogP contribution in [0.5, 0.6) is 0 Å². The number of rotatable bonds is 4. The van der Waals surface area contributed by atoms with E-state index in [1.165, 1.54) is 4.68 Å². The summed E-state index contributed by atoms with van der Waals surface area (Å²) in [6.07, 6.45) is 1.13. The van der Waals surface area contributed by atoms with Crippen LogP contribution in [0, 0.1) is 17.0 Å². The molecule has 1 N–H and O–H groups in total. The highest BCUT2D eigenvalue weighted by molar-refractivity contribution is 5.89. The van der Waals surface area contributed by atoms with Crippen molar-refractivity contribution < 1.29 is 14.8 Å². The van der Waals surface area contributed by atoms with Gasteiger partial charge in [0.25, 0.3) is 0 Å². The highest BCUT2D eigenvalue weighted by atomic mass is 16.6. The fraction of sp³-hybridized carbons (Fsp3) is 0.167. The largest absolute Gasteiger partial charge is 0.476 e. The number of carbonyl (C=O) groups is 1. The van der Waals surface area contributed by atoms with Crippen molar-refractivity contribution in [2.24, 2.45) is 0 Å². The number of carboxylic acid groups (broad SMARTS) is 1. The van der Waals surface area contributed by atoms with Crippen molar-refractivity contribution in [2.75, 3.05) is 0 Å². The summed E-state index contributed by atoms with van der Waals surface area (Å²) in [4.78, 5) is 20.8. The molecular formula is C12H11N3O4. The molecule has 7 nitrogen and oxygen atoms in total. The first-order valence-corrected chi connectivity index (χ1v) is 5.48. The third kappa shape index (κ3) is 2.76. The molecule has 0 aliphatic rings. The highest BCUT2D eigenvalue weighted by Gasteiger charge is 2.25. The quantitative estimate of drug-likeness (QED) is 0.668. The van der Waals surface area contributed by atoms with Crippen molar-refractivity contribution in [3.05, 3.63) is 57.4 Å². The second-order valence-corrected chi connectivity index (χ2v) is 4.11. The minimum absolute atomic E-state index is 0.286. The van der Waals surface area contributed by atoms with Gasteiger partial charge < -0.3 is 5.11 Å². The fourth-order valence-electron chi connectivity index (χ4n) is 1.66. The lowest BCUT2D eigenvalue weighted by Gasteiger charge is -2.01. The number of hydrogen-bond donors (Lipinski definition) is 1. The van der Waals surface area contributed by atoms with Crippen LogP contribution < -0.4 is 0 Å². The molecule has 7 heteroatoms. The third-order valence-corrected chi connectivity index (χ3v) is 2.61. The van der Waals surface area contributed by atoms with Crippen LogP contribution in [0.3, 0.4) is 0 Å². The maximum absolute atomic E-state index is 10.9. The van der Waals surface area contributed by atoms with E-state index in [2.05, 4.69) is 5.10 Å². The maximum atomic E-state index is 10.9. The van der Waals surface area contributed by atoms with Crippen LogP contribution in [-0.4, -0.2) is 25.8 Å². The minimum Gasteiger partial charge on any atom is -0.476 e. The van der Waals surface area contributed by atoms with Crippen molar-refractivity contribution in [1.82, 2.24) is 9.78 Å². The van der Waals surface area contributed by atoms with Crippen LogP contribution >= 0.6 is 0 Å². The summed E-state index contributed by atoms with van der Waals surface area (Å²) in [6.45, 7) is 2.24. The standard InChI is InChI=1S/C12H11N3O4/c1-8-2-4-9(5-3-8)6-14-7-10(15(18)19)11(13-14)12(16)17/h2-5,7H,6H2,1H3,(H,16,17). The van der Waals surface area contributed by atoms with Gasteiger partial charge in [-0.25, -0.2) is 4.79 Å². The number of benzene rings is 1. The Bertz CT molecular complexity index is 599. The van der Waals surface area contributed by atoms with E-state index in [-0.39, 0.29) is 6.54 Å². The van der Waals surface area contributed by atoms with E-state index in [1.54, 1.807) is 0 Å². The first kappa shape index (κ1) is 12.7. The van der Waals surface area contributed by atoms with Gasteiger partial charge in [0.05, 0.1) is 11.5 Å². The van der Waals surface area contributed by atoms with Crippen molar-refractivity contribution in [3.8, 4) is 0 Å². The average Bonchev–Trinajstić information content (AvgIpc) is 2.76.